The summed E-state index contributed by atoms with van der Waals surface area (Å²) in [7, 11) is 1.43. The predicted octanol–water partition coefficient (Wildman–Crippen LogP) is -0.147. The molecule has 1 aliphatic rings. The van der Waals surface area contributed by atoms with Gasteiger partial charge in [0.15, 0.2) is 6.23 Å². The molecule has 1 fully saturated rings. The van der Waals surface area contributed by atoms with Gasteiger partial charge in [-0.1, -0.05) is 5.16 Å². The average molecular weight is 379 g/mol. The Morgan fingerprint density at radius 3 is 2.89 bits per heavy atom. The molecule has 11 heteroatoms. The van der Waals surface area contributed by atoms with Crippen molar-refractivity contribution in [1.82, 2.24) is 14.5 Å². The SMILES string of the molecule is CO[C@]1(C)C(O)C(CO)O[C@H]1n1cc(/C=N\O)c2c(NC(C)=O)ncnc21. The lowest BCUT2D eigenvalue weighted by Crippen LogP contribution is -2.46. The summed E-state index contributed by atoms with van der Waals surface area (Å²) in [6.07, 6.45) is 1.22. The summed E-state index contributed by atoms with van der Waals surface area (Å²) in [6, 6.07) is 0. The van der Waals surface area contributed by atoms with Gasteiger partial charge in [0.05, 0.1) is 18.2 Å². The van der Waals surface area contributed by atoms with Gasteiger partial charge in [0.1, 0.15) is 35.6 Å². The molecule has 11 nitrogen and oxygen atoms in total. The average Bonchev–Trinajstić information content (AvgIpc) is 3.12. The van der Waals surface area contributed by atoms with Crippen molar-refractivity contribution in [2.45, 2.75) is 37.9 Å². The van der Waals surface area contributed by atoms with Crippen LogP contribution in [0, 0.1) is 0 Å². The number of aromatic nitrogens is 3. The first-order chi connectivity index (χ1) is 12.9. The second-order valence-electron chi connectivity index (χ2n) is 6.38. The van der Waals surface area contributed by atoms with Gasteiger partial charge in [-0.2, -0.15) is 0 Å². The highest BCUT2D eigenvalue weighted by atomic mass is 16.6. The number of methoxy groups -OCH3 is 1. The summed E-state index contributed by atoms with van der Waals surface area (Å²) in [5.41, 5.74) is -0.407. The van der Waals surface area contributed by atoms with Crippen LogP contribution in [-0.4, -0.2) is 73.6 Å². The maximum atomic E-state index is 11.5. The Morgan fingerprint density at radius 1 is 1.56 bits per heavy atom. The number of fused-ring (bicyclic) bond motifs is 1. The molecule has 0 spiro atoms. The first kappa shape index (κ1) is 19.2. The van der Waals surface area contributed by atoms with Crippen molar-refractivity contribution in [2.75, 3.05) is 19.0 Å². The molecule has 0 aromatic carbocycles. The number of nitrogens with one attached hydrogen (secondary N) is 1. The number of rotatable bonds is 5. The Morgan fingerprint density at radius 2 is 2.30 bits per heavy atom. The van der Waals surface area contributed by atoms with Gasteiger partial charge >= 0.3 is 0 Å². The van der Waals surface area contributed by atoms with Crippen molar-refractivity contribution in [2.24, 2.45) is 5.16 Å². The number of amides is 1. The molecule has 2 aromatic heterocycles. The summed E-state index contributed by atoms with van der Waals surface area (Å²) in [5, 5.41) is 35.1. The number of oxime groups is 1. The minimum Gasteiger partial charge on any atom is -0.411 e. The third-order valence-electron chi connectivity index (χ3n) is 4.74. The minimum absolute atomic E-state index is 0.234. The molecule has 0 saturated carbocycles. The quantitative estimate of drug-likeness (QED) is 0.318. The summed E-state index contributed by atoms with van der Waals surface area (Å²) in [5.74, 6) is -0.0956. The van der Waals surface area contributed by atoms with E-state index in [0.29, 0.717) is 16.6 Å². The van der Waals surface area contributed by atoms with E-state index in [9.17, 15) is 15.0 Å². The number of anilines is 1. The van der Waals surface area contributed by atoms with Crippen molar-refractivity contribution in [1.29, 1.82) is 0 Å². The van der Waals surface area contributed by atoms with Crippen molar-refractivity contribution in [3.63, 3.8) is 0 Å². The largest absolute Gasteiger partial charge is 0.411 e. The second kappa shape index (κ2) is 7.19. The highest BCUT2D eigenvalue weighted by Crippen LogP contribution is 2.42. The Hall–Kier alpha value is -2.60. The molecule has 4 N–H and O–H groups in total. The molecule has 2 aromatic rings. The van der Waals surface area contributed by atoms with Crippen LogP contribution in [0.25, 0.3) is 11.0 Å². The van der Waals surface area contributed by atoms with Crippen LogP contribution in [0.3, 0.4) is 0 Å². The van der Waals surface area contributed by atoms with Crippen LogP contribution in [0.4, 0.5) is 5.82 Å². The van der Waals surface area contributed by atoms with Crippen LogP contribution >= 0.6 is 0 Å². The van der Waals surface area contributed by atoms with E-state index in [4.69, 9.17) is 14.7 Å². The van der Waals surface area contributed by atoms with Gasteiger partial charge in [0.25, 0.3) is 0 Å². The van der Waals surface area contributed by atoms with Gasteiger partial charge in [0.2, 0.25) is 5.91 Å². The molecule has 2 unspecified atom stereocenters. The maximum Gasteiger partial charge on any atom is 0.222 e. The fourth-order valence-electron chi connectivity index (χ4n) is 3.31. The van der Waals surface area contributed by atoms with Crippen LogP contribution < -0.4 is 5.32 Å². The first-order valence-electron chi connectivity index (χ1n) is 8.17. The van der Waals surface area contributed by atoms with Crippen LogP contribution in [0.15, 0.2) is 17.7 Å². The number of hydrogen-bond donors (Lipinski definition) is 4. The van der Waals surface area contributed by atoms with Gasteiger partial charge in [0, 0.05) is 25.8 Å². The molecule has 0 bridgehead atoms. The Kier molecular flexibility index (Phi) is 5.11. The van der Waals surface area contributed by atoms with Gasteiger partial charge in [-0.3, -0.25) is 4.79 Å². The predicted molar refractivity (Wildman–Crippen MR) is 93.6 cm³/mol. The van der Waals surface area contributed by atoms with Gasteiger partial charge in [-0.15, -0.1) is 0 Å². The monoisotopic (exact) mass is 379 g/mol. The van der Waals surface area contributed by atoms with Crippen molar-refractivity contribution < 1.29 is 29.7 Å². The van der Waals surface area contributed by atoms with E-state index in [1.54, 1.807) is 17.7 Å². The summed E-state index contributed by atoms with van der Waals surface area (Å²) in [6.45, 7) is 2.60. The summed E-state index contributed by atoms with van der Waals surface area (Å²) >= 11 is 0. The molecular formula is C16H21N5O6. The van der Waals surface area contributed by atoms with Crippen molar-refractivity contribution >= 4 is 29.0 Å². The number of ether oxygens (including phenoxy) is 2. The van der Waals surface area contributed by atoms with E-state index in [0.717, 1.165) is 0 Å². The lowest BCUT2D eigenvalue weighted by atomic mass is 9.96. The fourth-order valence-corrected chi connectivity index (χ4v) is 3.31. The normalized spacial score (nSPS) is 28.3. The highest BCUT2D eigenvalue weighted by Gasteiger charge is 2.54. The van der Waals surface area contributed by atoms with Crippen LogP contribution in [0.1, 0.15) is 25.6 Å². The van der Waals surface area contributed by atoms with Crippen molar-refractivity contribution in [3.05, 3.63) is 18.1 Å². The van der Waals surface area contributed by atoms with E-state index in [-0.39, 0.29) is 11.7 Å². The third-order valence-corrected chi connectivity index (χ3v) is 4.74. The molecule has 4 atom stereocenters. The fraction of sp³-hybridized carbons (Fsp3) is 0.500. The molecule has 3 heterocycles. The number of carbonyl (C=O) groups is 1. The van der Waals surface area contributed by atoms with Crippen molar-refractivity contribution in [3.8, 4) is 0 Å². The molecule has 1 amide bonds. The zero-order valence-electron chi connectivity index (χ0n) is 15.0. The number of aliphatic hydroxyl groups excluding tert-OH is 2. The molecule has 1 aliphatic heterocycles. The van der Waals surface area contributed by atoms with E-state index in [1.807, 2.05) is 0 Å². The van der Waals surface area contributed by atoms with Gasteiger partial charge in [-0.25, -0.2) is 9.97 Å². The number of nitrogens with zero attached hydrogens (tertiary/aromatic N) is 4. The summed E-state index contributed by atoms with van der Waals surface area (Å²) in [4.78, 5) is 19.8. The molecule has 0 radical (unpaired) electrons. The Labute approximate surface area is 154 Å². The Bertz CT molecular complexity index is 884. The molecule has 3 rings (SSSR count). The summed E-state index contributed by atoms with van der Waals surface area (Å²) < 4.78 is 12.9. The number of hydrogen-bond acceptors (Lipinski definition) is 9. The second-order valence-corrected chi connectivity index (χ2v) is 6.38. The maximum absolute atomic E-state index is 11.5. The van der Waals surface area contributed by atoms with E-state index < -0.39 is 30.6 Å². The van der Waals surface area contributed by atoms with E-state index in [2.05, 4.69) is 20.4 Å². The van der Waals surface area contributed by atoms with Crippen LogP contribution in [-0.2, 0) is 14.3 Å². The molecular weight excluding hydrogens is 358 g/mol. The van der Waals surface area contributed by atoms with E-state index >= 15 is 0 Å². The van der Waals surface area contributed by atoms with Gasteiger partial charge < -0.3 is 34.8 Å². The topological polar surface area (TPSA) is 151 Å². The standard InChI is InChI=1S/C16H21N5O6/c1-8(23)20-13-11-9(4-19-25)5-21(14(11)18-7-17-13)15-16(2,26-3)12(24)10(6-22)27-15/h4-5,7,10,12,15,22,24-25H,6H2,1-3H3,(H,17,18,20,23)/b19-4-/t10?,12?,15-,16-/m1/s1. The lowest BCUT2D eigenvalue weighted by molar-refractivity contribution is -0.118. The number of aliphatic hydroxyl groups is 2. The minimum atomic E-state index is -1.19. The van der Waals surface area contributed by atoms with Crippen LogP contribution in [0.5, 0.6) is 0 Å². The Balaban J connectivity index is 2.22. The third kappa shape index (κ3) is 3.04. The molecule has 1 saturated heterocycles. The number of carbonyl (C=O) groups excluding carboxylic acids is 1. The zero-order valence-corrected chi connectivity index (χ0v) is 15.0. The van der Waals surface area contributed by atoms with Gasteiger partial charge in [-0.05, 0) is 6.92 Å². The van der Waals surface area contributed by atoms with E-state index in [1.165, 1.54) is 26.6 Å². The highest BCUT2D eigenvalue weighted by molar-refractivity contribution is 6.06. The molecule has 27 heavy (non-hydrogen) atoms. The van der Waals surface area contributed by atoms with Crippen LogP contribution in [0.2, 0.25) is 0 Å². The zero-order chi connectivity index (χ0) is 19.8. The smallest absolute Gasteiger partial charge is 0.222 e. The first-order valence-corrected chi connectivity index (χ1v) is 8.17. The molecule has 0 aliphatic carbocycles. The lowest BCUT2D eigenvalue weighted by Gasteiger charge is -2.31. The molecule has 146 valence electrons.